The van der Waals surface area contributed by atoms with Crippen LogP contribution in [0.3, 0.4) is 0 Å². The minimum Gasteiger partial charge on any atom is -0.493 e. The number of allylic oxidation sites excluding steroid dienone is 1. The number of halogens is 1. The molecule has 0 bridgehead atoms. The van der Waals surface area contributed by atoms with Gasteiger partial charge >= 0.3 is 5.97 Å². The normalized spacial score (nSPS) is 15.5. The molecule has 3 aromatic rings. The van der Waals surface area contributed by atoms with Crippen molar-refractivity contribution in [3.05, 3.63) is 76.8 Å². The molecule has 0 fully saturated rings. The number of thiazole rings is 1. The fourth-order valence-corrected chi connectivity index (χ4v) is 5.52. The minimum absolute atomic E-state index is 0.205. The standard InChI is InChI=1S/C26H27BrN2O6S/c1-6-32-19-13-20(33-7-2)17(27)11-16(19)12-21-24(30)29-23(18-10-9-14(4)35-18)22(25(31)34-8-3)15(5)28-26(29)36-21/h9-13,23H,6-8H2,1-5H3/b21-12-/t23-/m0/s1. The van der Waals surface area contributed by atoms with Gasteiger partial charge in [0.2, 0.25) is 0 Å². The van der Waals surface area contributed by atoms with Gasteiger partial charge in [-0.2, -0.15) is 0 Å². The Morgan fingerprint density at radius 3 is 2.50 bits per heavy atom. The van der Waals surface area contributed by atoms with Gasteiger partial charge in [0, 0.05) is 11.6 Å². The molecule has 1 aliphatic rings. The molecule has 36 heavy (non-hydrogen) atoms. The minimum atomic E-state index is -0.783. The number of hydrogen-bond acceptors (Lipinski definition) is 8. The van der Waals surface area contributed by atoms with Crippen molar-refractivity contribution in [1.82, 2.24) is 4.57 Å². The van der Waals surface area contributed by atoms with Crippen molar-refractivity contribution < 1.29 is 23.4 Å². The van der Waals surface area contributed by atoms with Gasteiger partial charge in [-0.15, -0.1) is 0 Å². The molecular weight excluding hydrogens is 548 g/mol. The molecule has 190 valence electrons. The van der Waals surface area contributed by atoms with E-state index in [0.29, 0.717) is 56.8 Å². The Hall–Kier alpha value is -3.11. The zero-order valence-corrected chi connectivity index (χ0v) is 23.1. The second-order valence-corrected chi connectivity index (χ2v) is 9.80. The number of hydrogen-bond donors (Lipinski definition) is 0. The molecule has 0 spiro atoms. The van der Waals surface area contributed by atoms with Crippen LogP contribution in [0.4, 0.5) is 0 Å². The molecule has 3 heterocycles. The zero-order valence-electron chi connectivity index (χ0n) is 20.7. The Labute approximate surface area is 220 Å². The van der Waals surface area contributed by atoms with Gasteiger partial charge < -0.3 is 18.6 Å². The van der Waals surface area contributed by atoms with Crippen molar-refractivity contribution >= 4 is 39.3 Å². The van der Waals surface area contributed by atoms with Crippen molar-refractivity contribution in [2.75, 3.05) is 19.8 Å². The smallest absolute Gasteiger partial charge is 0.338 e. The van der Waals surface area contributed by atoms with E-state index in [-0.39, 0.29) is 17.7 Å². The third kappa shape index (κ3) is 4.92. The summed E-state index contributed by atoms with van der Waals surface area (Å²) in [6.45, 7) is 10.3. The molecule has 0 N–H and O–H groups in total. The quantitative estimate of drug-likeness (QED) is 0.373. The summed E-state index contributed by atoms with van der Waals surface area (Å²) in [6, 6.07) is 6.45. The Bertz CT molecular complexity index is 1510. The Morgan fingerprint density at radius 1 is 1.14 bits per heavy atom. The SMILES string of the molecule is CCOC(=O)C1=C(C)N=c2s/c(=C\c3cc(Br)c(OCC)cc3OCC)c(=O)n2[C@H]1c1ccc(C)o1. The van der Waals surface area contributed by atoms with Gasteiger partial charge in [0.1, 0.15) is 29.1 Å². The first kappa shape index (κ1) is 26.0. The number of benzene rings is 1. The predicted molar refractivity (Wildman–Crippen MR) is 140 cm³/mol. The molecule has 4 rings (SSSR count). The zero-order chi connectivity index (χ0) is 26.0. The molecule has 0 unspecified atom stereocenters. The number of esters is 1. The number of aryl methyl sites for hydroxylation is 1. The monoisotopic (exact) mass is 574 g/mol. The molecule has 2 aromatic heterocycles. The molecule has 10 heteroatoms. The molecule has 1 atom stereocenters. The number of furan rings is 1. The maximum atomic E-state index is 13.8. The highest BCUT2D eigenvalue weighted by Gasteiger charge is 2.35. The summed E-state index contributed by atoms with van der Waals surface area (Å²) in [7, 11) is 0. The number of ether oxygens (including phenoxy) is 3. The lowest BCUT2D eigenvalue weighted by molar-refractivity contribution is -0.139. The van der Waals surface area contributed by atoms with Gasteiger partial charge in [-0.05, 0) is 74.8 Å². The average Bonchev–Trinajstić information content (AvgIpc) is 3.39. The van der Waals surface area contributed by atoms with Crippen LogP contribution in [-0.4, -0.2) is 30.4 Å². The predicted octanol–water partition coefficient (Wildman–Crippen LogP) is 4.26. The lowest BCUT2D eigenvalue weighted by Gasteiger charge is -2.22. The van der Waals surface area contributed by atoms with Gasteiger partial charge in [0.25, 0.3) is 5.56 Å². The molecule has 0 saturated carbocycles. The highest BCUT2D eigenvalue weighted by molar-refractivity contribution is 9.10. The lowest BCUT2D eigenvalue weighted by atomic mass is 10.0. The van der Waals surface area contributed by atoms with E-state index in [1.807, 2.05) is 26.8 Å². The summed E-state index contributed by atoms with van der Waals surface area (Å²) in [5.74, 6) is 1.86. The number of nitrogens with zero attached hydrogens (tertiary/aromatic N) is 2. The molecule has 0 radical (unpaired) electrons. The van der Waals surface area contributed by atoms with Crippen LogP contribution in [0.5, 0.6) is 11.5 Å². The first-order valence-electron chi connectivity index (χ1n) is 11.6. The van der Waals surface area contributed by atoms with Crippen molar-refractivity contribution in [2.45, 2.75) is 40.7 Å². The fraction of sp³-hybridized carbons (Fsp3) is 0.346. The van der Waals surface area contributed by atoms with Crippen LogP contribution in [0.15, 0.2) is 54.2 Å². The second-order valence-electron chi connectivity index (χ2n) is 7.94. The Morgan fingerprint density at radius 2 is 1.86 bits per heavy atom. The summed E-state index contributed by atoms with van der Waals surface area (Å²) in [5, 5.41) is 0. The highest BCUT2D eigenvalue weighted by Crippen LogP contribution is 2.34. The molecule has 0 saturated heterocycles. The van der Waals surface area contributed by atoms with E-state index in [1.54, 1.807) is 38.1 Å². The number of carbonyl (C=O) groups excluding carboxylic acids is 1. The van der Waals surface area contributed by atoms with E-state index in [9.17, 15) is 9.59 Å². The van der Waals surface area contributed by atoms with Crippen molar-refractivity contribution in [3.8, 4) is 11.5 Å². The fourth-order valence-electron chi connectivity index (χ4n) is 4.01. The van der Waals surface area contributed by atoms with E-state index < -0.39 is 12.0 Å². The molecule has 1 aliphatic heterocycles. The van der Waals surface area contributed by atoms with Gasteiger partial charge in [0.05, 0.1) is 40.1 Å². The van der Waals surface area contributed by atoms with Gasteiger partial charge in [-0.3, -0.25) is 9.36 Å². The summed E-state index contributed by atoms with van der Waals surface area (Å²) in [6.07, 6.45) is 1.77. The van der Waals surface area contributed by atoms with Crippen LogP contribution in [0.25, 0.3) is 6.08 Å². The van der Waals surface area contributed by atoms with Crippen molar-refractivity contribution in [2.24, 2.45) is 4.99 Å². The van der Waals surface area contributed by atoms with E-state index in [1.165, 1.54) is 15.9 Å². The number of fused-ring (bicyclic) bond motifs is 1. The third-order valence-electron chi connectivity index (χ3n) is 5.50. The molecule has 1 aromatic carbocycles. The molecule has 0 amide bonds. The first-order valence-corrected chi connectivity index (χ1v) is 13.2. The van der Waals surface area contributed by atoms with E-state index >= 15 is 0 Å². The highest BCUT2D eigenvalue weighted by atomic mass is 79.9. The van der Waals surface area contributed by atoms with Gasteiger partial charge in [-0.1, -0.05) is 11.3 Å². The van der Waals surface area contributed by atoms with E-state index in [0.717, 1.165) is 4.47 Å². The van der Waals surface area contributed by atoms with Crippen LogP contribution >= 0.6 is 27.3 Å². The number of aromatic nitrogens is 1. The summed E-state index contributed by atoms with van der Waals surface area (Å²) < 4.78 is 25.4. The number of carbonyl (C=O) groups is 1. The van der Waals surface area contributed by atoms with Crippen LogP contribution in [0.1, 0.15) is 50.8 Å². The number of rotatable bonds is 8. The Balaban J connectivity index is 1.93. The Kier molecular flexibility index (Phi) is 7.85. The first-order chi connectivity index (χ1) is 17.3. The van der Waals surface area contributed by atoms with Crippen LogP contribution in [0.2, 0.25) is 0 Å². The van der Waals surface area contributed by atoms with Crippen molar-refractivity contribution in [3.63, 3.8) is 0 Å². The molecule has 8 nitrogen and oxygen atoms in total. The summed E-state index contributed by atoms with van der Waals surface area (Å²) in [4.78, 5) is 31.7. The summed E-state index contributed by atoms with van der Waals surface area (Å²) in [5.41, 5.74) is 1.19. The maximum absolute atomic E-state index is 13.8. The lowest BCUT2D eigenvalue weighted by Crippen LogP contribution is -2.39. The molecular formula is C26H27BrN2O6S. The van der Waals surface area contributed by atoms with Crippen LogP contribution in [0, 0.1) is 6.92 Å². The van der Waals surface area contributed by atoms with E-state index in [4.69, 9.17) is 18.6 Å². The van der Waals surface area contributed by atoms with Crippen molar-refractivity contribution in [1.29, 1.82) is 0 Å². The largest absolute Gasteiger partial charge is 0.493 e. The maximum Gasteiger partial charge on any atom is 0.338 e. The second kappa shape index (κ2) is 10.9. The third-order valence-corrected chi connectivity index (χ3v) is 7.10. The average molecular weight is 575 g/mol. The van der Waals surface area contributed by atoms with Gasteiger partial charge in [0.15, 0.2) is 4.80 Å². The van der Waals surface area contributed by atoms with Gasteiger partial charge in [-0.25, -0.2) is 9.79 Å². The summed E-state index contributed by atoms with van der Waals surface area (Å²) >= 11 is 4.78. The molecule has 0 aliphatic carbocycles. The topological polar surface area (TPSA) is 92.3 Å². The van der Waals surface area contributed by atoms with E-state index in [2.05, 4.69) is 20.9 Å². The van der Waals surface area contributed by atoms with Crippen LogP contribution in [-0.2, 0) is 9.53 Å². The van der Waals surface area contributed by atoms with Crippen LogP contribution < -0.4 is 24.4 Å².